The Bertz CT molecular complexity index is 1900. The molecule has 2 heterocycles. The van der Waals surface area contributed by atoms with Gasteiger partial charge in [0.05, 0.1) is 18.0 Å². The predicted molar refractivity (Wildman–Crippen MR) is 166 cm³/mol. The van der Waals surface area contributed by atoms with E-state index in [1.807, 2.05) is 6.07 Å². The summed E-state index contributed by atoms with van der Waals surface area (Å²) in [5, 5.41) is 10.4. The van der Waals surface area contributed by atoms with Crippen LogP contribution in [-0.4, -0.2) is 36.8 Å². The number of aromatic nitrogens is 1. The maximum atomic E-state index is 14.3. The van der Waals surface area contributed by atoms with Crippen LogP contribution in [0.4, 0.5) is 10.5 Å². The van der Waals surface area contributed by atoms with Crippen LogP contribution in [0.2, 0.25) is 5.02 Å². The average molecular weight is 637 g/mol. The van der Waals surface area contributed by atoms with Crippen molar-refractivity contribution in [1.29, 1.82) is 0 Å². The number of nitrogens with one attached hydrogen (secondary N) is 1. The maximum Gasteiger partial charge on any atom is 0.515 e. The molecule has 0 radical (unpaired) electrons. The highest BCUT2D eigenvalue weighted by Crippen LogP contribution is 2.43. The number of rotatable bonds is 9. The van der Waals surface area contributed by atoms with Crippen LogP contribution in [0.25, 0.3) is 27.4 Å². The lowest BCUT2D eigenvalue weighted by Gasteiger charge is -2.15. The zero-order valence-electron chi connectivity index (χ0n) is 22.9. The molecule has 0 aliphatic carbocycles. The molecule has 0 aliphatic heterocycles. The number of anilines is 1. The molecule has 0 bridgehead atoms. The van der Waals surface area contributed by atoms with Crippen molar-refractivity contribution >= 4 is 50.8 Å². The molecular formula is C31H25ClN2O7S2. The van der Waals surface area contributed by atoms with E-state index in [4.69, 9.17) is 21.1 Å². The Morgan fingerprint density at radius 3 is 2.19 bits per heavy atom. The van der Waals surface area contributed by atoms with Gasteiger partial charge in [0.15, 0.2) is 0 Å². The number of carbonyl (C=O) groups excluding carboxylic acids is 1. The molecule has 2 aromatic heterocycles. The highest BCUT2D eigenvalue weighted by molar-refractivity contribution is 7.93. The Labute approximate surface area is 257 Å². The summed E-state index contributed by atoms with van der Waals surface area (Å²) >= 11 is 7.11. The molecule has 5 rings (SSSR count). The van der Waals surface area contributed by atoms with Crippen molar-refractivity contribution in [3.63, 3.8) is 0 Å². The van der Waals surface area contributed by atoms with Crippen molar-refractivity contribution in [1.82, 2.24) is 4.57 Å². The molecule has 0 unspecified atom stereocenters. The summed E-state index contributed by atoms with van der Waals surface area (Å²) in [7, 11) is -4.51. The first-order chi connectivity index (χ1) is 20.6. The van der Waals surface area contributed by atoms with E-state index in [-0.39, 0.29) is 39.2 Å². The number of hydrogen-bond acceptors (Lipinski definition) is 7. The number of benzene rings is 3. The van der Waals surface area contributed by atoms with E-state index in [1.165, 1.54) is 17.6 Å². The van der Waals surface area contributed by atoms with Gasteiger partial charge in [-0.1, -0.05) is 72.3 Å². The van der Waals surface area contributed by atoms with Crippen molar-refractivity contribution < 1.29 is 32.6 Å². The number of hydrogen-bond donors (Lipinski definition) is 2. The first-order valence-electron chi connectivity index (χ1n) is 13.0. The fraction of sp³-hybridized carbons (Fsp3) is 0.0968. The summed E-state index contributed by atoms with van der Waals surface area (Å²) in [5.41, 5.74) is 1.86. The highest BCUT2D eigenvalue weighted by Gasteiger charge is 2.34. The molecule has 220 valence electrons. The second kappa shape index (κ2) is 12.3. The summed E-state index contributed by atoms with van der Waals surface area (Å²) < 4.78 is 43.2. The lowest BCUT2D eigenvalue weighted by atomic mass is 10.1. The van der Waals surface area contributed by atoms with Crippen LogP contribution in [0.15, 0.2) is 95.9 Å². The monoisotopic (exact) mass is 636 g/mol. The zero-order valence-corrected chi connectivity index (χ0v) is 25.3. The number of thiophene rings is 1. The van der Waals surface area contributed by atoms with Crippen molar-refractivity contribution in [2.24, 2.45) is 0 Å². The van der Waals surface area contributed by atoms with Gasteiger partial charge in [-0.05, 0) is 49.7 Å². The van der Waals surface area contributed by atoms with Crippen molar-refractivity contribution in [3.05, 3.63) is 106 Å². The second-order valence-corrected chi connectivity index (χ2v) is 12.3. The number of sulfonamides is 1. The molecule has 0 saturated heterocycles. The van der Waals surface area contributed by atoms with E-state index in [9.17, 15) is 23.1 Å². The van der Waals surface area contributed by atoms with Crippen LogP contribution in [0, 0.1) is 6.92 Å². The number of nitrogens with zero attached hydrogens (tertiary/aromatic N) is 1. The Morgan fingerprint density at radius 2 is 1.58 bits per heavy atom. The van der Waals surface area contributed by atoms with Gasteiger partial charge in [0.1, 0.15) is 9.77 Å². The number of halogens is 1. The Balaban J connectivity index is 1.75. The minimum atomic E-state index is -4.51. The molecular weight excluding hydrogens is 612 g/mol. The van der Waals surface area contributed by atoms with E-state index in [0.29, 0.717) is 21.2 Å². The Kier molecular flexibility index (Phi) is 8.58. The minimum Gasteiger partial charge on any atom is -0.477 e. The summed E-state index contributed by atoms with van der Waals surface area (Å²) in [6.07, 6.45) is -1.02. The average Bonchev–Trinajstić information content (AvgIpc) is 3.53. The number of carboxylic acids is 1. The normalized spacial score (nSPS) is 11.2. The molecule has 0 aliphatic rings. The summed E-state index contributed by atoms with van der Waals surface area (Å²) in [5.74, 6) is -1.36. The van der Waals surface area contributed by atoms with Gasteiger partial charge in [-0.25, -0.2) is 18.0 Å². The van der Waals surface area contributed by atoms with Crippen LogP contribution in [0.3, 0.4) is 0 Å². The first kappa shape index (κ1) is 29.9. The number of ether oxygens (including phenoxy) is 2. The van der Waals surface area contributed by atoms with Crippen molar-refractivity contribution in [3.8, 4) is 33.3 Å². The number of para-hydroxylation sites is 1. The van der Waals surface area contributed by atoms with Gasteiger partial charge in [0.25, 0.3) is 10.0 Å². The predicted octanol–water partition coefficient (Wildman–Crippen LogP) is 7.87. The van der Waals surface area contributed by atoms with Crippen LogP contribution < -0.4 is 9.46 Å². The fourth-order valence-electron chi connectivity index (χ4n) is 4.58. The SMILES string of the molecule is CCOC(=O)Oc1c(C)c(S(=O)(=O)Nc2cc(-c3ccccc3)sc2C(=O)O)c(-c2ccc(Cl)cc2)n1-c1ccccc1. The third kappa shape index (κ3) is 6.14. The highest BCUT2D eigenvalue weighted by atomic mass is 35.5. The Morgan fingerprint density at radius 1 is 0.953 bits per heavy atom. The molecule has 0 atom stereocenters. The molecule has 3 aromatic carbocycles. The standard InChI is InChI=1S/C31H25ClN2O7S2/c1-3-40-31(37)41-29-19(2)28(26(21-14-16-22(32)17-15-21)34(29)23-12-8-5-9-13-23)43(38,39)33-24-18-25(42-27(24)30(35)36)20-10-6-4-7-11-20/h4-18,33H,3H2,1-2H3,(H,35,36). The molecule has 5 aromatic rings. The molecule has 9 nitrogen and oxygen atoms in total. The summed E-state index contributed by atoms with van der Waals surface area (Å²) in [6, 6.07) is 25.8. The second-order valence-electron chi connectivity index (χ2n) is 9.20. The number of carbonyl (C=O) groups is 2. The largest absolute Gasteiger partial charge is 0.515 e. The molecule has 12 heteroatoms. The van der Waals surface area contributed by atoms with Crippen molar-refractivity contribution in [2.45, 2.75) is 18.7 Å². The topological polar surface area (TPSA) is 124 Å². The van der Waals surface area contributed by atoms with Gasteiger partial charge in [-0.3, -0.25) is 9.29 Å². The van der Waals surface area contributed by atoms with E-state index < -0.39 is 22.1 Å². The van der Waals surface area contributed by atoms with Crippen LogP contribution in [-0.2, 0) is 14.8 Å². The lowest BCUT2D eigenvalue weighted by molar-refractivity contribution is 0.0703. The number of carboxylic acid groups (broad SMARTS) is 1. The molecule has 43 heavy (non-hydrogen) atoms. The van der Waals surface area contributed by atoms with E-state index >= 15 is 0 Å². The van der Waals surface area contributed by atoms with Gasteiger partial charge >= 0.3 is 12.1 Å². The summed E-state index contributed by atoms with van der Waals surface area (Å²) in [6.45, 7) is 3.16. The Hall–Kier alpha value is -4.58. The zero-order chi connectivity index (χ0) is 30.7. The van der Waals surface area contributed by atoms with Gasteiger partial charge in [0.2, 0.25) is 5.88 Å². The smallest absolute Gasteiger partial charge is 0.477 e. The quantitative estimate of drug-likeness (QED) is 0.158. The van der Waals surface area contributed by atoms with Gasteiger partial charge in [0, 0.05) is 26.7 Å². The molecule has 0 spiro atoms. The molecule has 0 saturated carbocycles. The molecule has 0 fully saturated rings. The summed E-state index contributed by atoms with van der Waals surface area (Å²) in [4.78, 5) is 24.9. The van der Waals surface area contributed by atoms with E-state index in [2.05, 4.69) is 4.72 Å². The van der Waals surface area contributed by atoms with Crippen LogP contribution >= 0.6 is 22.9 Å². The van der Waals surface area contributed by atoms with E-state index in [0.717, 1.165) is 16.9 Å². The van der Waals surface area contributed by atoms with Crippen LogP contribution in [0.1, 0.15) is 22.2 Å². The molecule has 0 amide bonds. The van der Waals surface area contributed by atoms with E-state index in [1.54, 1.807) is 85.8 Å². The van der Waals surface area contributed by atoms with Gasteiger partial charge in [-0.2, -0.15) is 0 Å². The van der Waals surface area contributed by atoms with Gasteiger partial charge < -0.3 is 14.6 Å². The number of aromatic carboxylic acids is 1. The molecule has 2 N–H and O–H groups in total. The lowest BCUT2D eigenvalue weighted by Crippen LogP contribution is -2.16. The van der Waals surface area contributed by atoms with Gasteiger partial charge in [-0.15, -0.1) is 11.3 Å². The first-order valence-corrected chi connectivity index (χ1v) is 15.6. The van der Waals surface area contributed by atoms with Crippen LogP contribution in [0.5, 0.6) is 5.88 Å². The maximum absolute atomic E-state index is 14.3. The third-order valence-electron chi connectivity index (χ3n) is 6.38. The third-order valence-corrected chi connectivity index (χ3v) is 9.32. The minimum absolute atomic E-state index is 0.0422. The fourth-order valence-corrected chi connectivity index (χ4v) is 7.24. The van der Waals surface area contributed by atoms with Crippen molar-refractivity contribution in [2.75, 3.05) is 11.3 Å².